The van der Waals surface area contributed by atoms with Gasteiger partial charge >= 0.3 is 0 Å². The average Bonchev–Trinajstić information content (AvgIpc) is 2.72. The smallest absolute Gasteiger partial charge is 0.255 e. The molecule has 0 atom stereocenters. The molecule has 2 amide bonds. The molecule has 30 heavy (non-hydrogen) atoms. The van der Waals surface area contributed by atoms with Crippen LogP contribution in [0.25, 0.3) is 0 Å². The predicted octanol–water partition coefficient (Wildman–Crippen LogP) is 4.80. The zero-order chi connectivity index (χ0) is 21.5. The van der Waals surface area contributed by atoms with E-state index in [1.807, 2.05) is 0 Å². The van der Waals surface area contributed by atoms with Gasteiger partial charge in [0.2, 0.25) is 5.91 Å². The molecular formula is C23H20F2N2O3. The largest absolute Gasteiger partial charge is 0.495 e. The van der Waals surface area contributed by atoms with E-state index in [9.17, 15) is 18.4 Å². The highest BCUT2D eigenvalue weighted by Gasteiger charge is 2.12. The van der Waals surface area contributed by atoms with Crippen LogP contribution in [0.5, 0.6) is 5.75 Å². The van der Waals surface area contributed by atoms with E-state index in [1.165, 1.54) is 37.4 Å². The molecule has 0 fully saturated rings. The van der Waals surface area contributed by atoms with E-state index in [0.717, 1.165) is 11.6 Å². The molecule has 0 aromatic heterocycles. The molecule has 7 heteroatoms. The maximum absolute atomic E-state index is 13.4. The van der Waals surface area contributed by atoms with Crippen LogP contribution in [-0.2, 0) is 11.2 Å². The van der Waals surface area contributed by atoms with E-state index in [2.05, 4.69) is 10.6 Å². The Kier molecular flexibility index (Phi) is 6.75. The Morgan fingerprint density at radius 1 is 0.900 bits per heavy atom. The Bertz CT molecular complexity index is 1070. The Balaban J connectivity index is 1.67. The molecule has 3 aromatic carbocycles. The van der Waals surface area contributed by atoms with Gasteiger partial charge < -0.3 is 15.4 Å². The third-order valence-electron chi connectivity index (χ3n) is 4.35. The van der Waals surface area contributed by atoms with Crippen molar-refractivity contribution in [2.45, 2.75) is 12.8 Å². The average molecular weight is 410 g/mol. The summed E-state index contributed by atoms with van der Waals surface area (Å²) in [6, 6.07) is 16.2. The van der Waals surface area contributed by atoms with Gasteiger partial charge in [0.15, 0.2) is 0 Å². The van der Waals surface area contributed by atoms with E-state index in [4.69, 9.17) is 4.74 Å². The topological polar surface area (TPSA) is 67.4 Å². The minimum Gasteiger partial charge on any atom is -0.495 e. The molecule has 0 unspecified atom stereocenters. The van der Waals surface area contributed by atoms with Crippen LogP contribution in [0.4, 0.5) is 20.2 Å². The second kappa shape index (κ2) is 9.65. The lowest BCUT2D eigenvalue weighted by molar-refractivity contribution is -0.116. The number of halogens is 2. The van der Waals surface area contributed by atoms with Gasteiger partial charge in [-0.25, -0.2) is 8.78 Å². The van der Waals surface area contributed by atoms with Crippen LogP contribution in [-0.4, -0.2) is 18.9 Å². The van der Waals surface area contributed by atoms with Crippen LogP contribution in [0.1, 0.15) is 22.3 Å². The third kappa shape index (κ3) is 5.64. The summed E-state index contributed by atoms with van der Waals surface area (Å²) in [4.78, 5) is 24.7. The summed E-state index contributed by atoms with van der Waals surface area (Å²) in [6.45, 7) is 0. The summed E-state index contributed by atoms with van der Waals surface area (Å²) in [6.07, 6.45) is 0.559. The first-order valence-corrected chi connectivity index (χ1v) is 9.24. The van der Waals surface area contributed by atoms with Crippen molar-refractivity contribution in [3.05, 3.63) is 89.5 Å². The van der Waals surface area contributed by atoms with Gasteiger partial charge in [0.1, 0.15) is 17.4 Å². The summed E-state index contributed by atoms with van der Waals surface area (Å²) >= 11 is 0. The molecule has 3 rings (SSSR count). The van der Waals surface area contributed by atoms with Gasteiger partial charge in [-0.1, -0.05) is 18.2 Å². The summed E-state index contributed by atoms with van der Waals surface area (Å²) in [5.74, 6) is -1.25. The lowest BCUT2D eigenvalue weighted by atomic mass is 10.1. The highest BCUT2D eigenvalue weighted by Crippen LogP contribution is 2.28. The second-order valence-electron chi connectivity index (χ2n) is 6.56. The fourth-order valence-electron chi connectivity index (χ4n) is 2.88. The van der Waals surface area contributed by atoms with Crippen molar-refractivity contribution in [1.29, 1.82) is 0 Å². The quantitative estimate of drug-likeness (QED) is 0.588. The third-order valence-corrected chi connectivity index (χ3v) is 4.35. The Hall–Kier alpha value is -3.74. The molecule has 0 heterocycles. The van der Waals surface area contributed by atoms with Crippen LogP contribution in [0, 0.1) is 11.6 Å². The number of carbonyl (C=O) groups is 2. The number of nitrogens with one attached hydrogen (secondary N) is 2. The summed E-state index contributed by atoms with van der Waals surface area (Å²) in [7, 11) is 1.45. The molecule has 0 saturated heterocycles. The number of hydrogen-bond acceptors (Lipinski definition) is 3. The molecule has 0 saturated carbocycles. The minimum atomic E-state index is -0.520. The van der Waals surface area contributed by atoms with Crippen molar-refractivity contribution in [2.75, 3.05) is 17.7 Å². The van der Waals surface area contributed by atoms with Gasteiger partial charge in [-0.3, -0.25) is 9.59 Å². The zero-order valence-electron chi connectivity index (χ0n) is 16.2. The number of methoxy groups -OCH3 is 1. The molecule has 0 aliphatic heterocycles. The first kappa shape index (κ1) is 21.0. The normalized spacial score (nSPS) is 10.4. The van der Waals surface area contributed by atoms with E-state index in [0.29, 0.717) is 23.5 Å². The molecule has 0 aliphatic carbocycles. The molecule has 0 radical (unpaired) electrons. The zero-order valence-corrected chi connectivity index (χ0v) is 16.2. The fourth-order valence-corrected chi connectivity index (χ4v) is 2.88. The first-order valence-electron chi connectivity index (χ1n) is 9.24. The van der Waals surface area contributed by atoms with Crippen LogP contribution in [0.15, 0.2) is 66.7 Å². The summed E-state index contributed by atoms with van der Waals surface area (Å²) < 4.78 is 31.8. The molecular weight excluding hydrogens is 390 g/mol. The molecule has 3 aromatic rings. The van der Waals surface area contributed by atoms with Gasteiger partial charge in [0.05, 0.1) is 12.8 Å². The van der Waals surface area contributed by atoms with Crippen LogP contribution >= 0.6 is 0 Å². The molecule has 2 N–H and O–H groups in total. The molecule has 0 spiro atoms. The number of ether oxygens (including phenoxy) is 1. The number of aryl methyl sites for hydroxylation is 1. The van der Waals surface area contributed by atoms with Crippen molar-refractivity contribution < 1.29 is 23.1 Å². The minimum absolute atomic E-state index is 0.154. The number of carbonyl (C=O) groups excluding carboxylic acids is 2. The summed E-state index contributed by atoms with van der Waals surface area (Å²) in [5, 5.41) is 5.40. The maximum atomic E-state index is 13.4. The van der Waals surface area contributed by atoms with Crippen molar-refractivity contribution in [3.63, 3.8) is 0 Å². The first-order chi connectivity index (χ1) is 14.4. The monoisotopic (exact) mass is 410 g/mol. The van der Waals surface area contributed by atoms with Crippen molar-refractivity contribution in [2.24, 2.45) is 0 Å². The Morgan fingerprint density at radius 2 is 1.63 bits per heavy atom. The molecule has 0 aliphatic rings. The lowest BCUT2D eigenvalue weighted by Gasteiger charge is -2.13. The van der Waals surface area contributed by atoms with Crippen LogP contribution in [0.2, 0.25) is 0 Å². The van der Waals surface area contributed by atoms with Gasteiger partial charge in [-0.2, -0.15) is 0 Å². The Labute approximate surface area is 172 Å². The van der Waals surface area contributed by atoms with Gasteiger partial charge in [-0.05, 0) is 60.5 Å². The van der Waals surface area contributed by atoms with Crippen LogP contribution in [0.3, 0.4) is 0 Å². The van der Waals surface area contributed by atoms with E-state index in [-0.39, 0.29) is 23.7 Å². The second-order valence-corrected chi connectivity index (χ2v) is 6.56. The van der Waals surface area contributed by atoms with E-state index in [1.54, 1.807) is 30.3 Å². The highest BCUT2D eigenvalue weighted by molar-refractivity contribution is 6.05. The van der Waals surface area contributed by atoms with E-state index < -0.39 is 11.7 Å². The number of benzene rings is 3. The number of rotatable bonds is 7. The maximum Gasteiger partial charge on any atom is 0.255 e. The Morgan fingerprint density at radius 3 is 2.33 bits per heavy atom. The number of anilines is 2. The van der Waals surface area contributed by atoms with Gasteiger partial charge in [0.25, 0.3) is 5.91 Å². The number of hydrogen-bond donors (Lipinski definition) is 2. The molecule has 0 bridgehead atoms. The number of amides is 2. The standard InChI is InChI=1S/C23H20F2N2O3/c1-30-21-10-9-19(26-22(28)11-8-15-4-2-6-17(24)12-15)14-20(21)27-23(29)16-5-3-7-18(25)13-16/h2-7,9-10,12-14H,8,11H2,1H3,(H,26,28)(H,27,29). The molecule has 154 valence electrons. The van der Waals surface area contributed by atoms with Gasteiger partial charge in [-0.15, -0.1) is 0 Å². The van der Waals surface area contributed by atoms with Crippen LogP contribution < -0.4 is 15.4 Å². The lowest BCUT2D eigenvalue weighted by Crippen LogP contribution is -2.15. The molecule has 5 nitrogen and oxygen atoms in total. The highest BCUT2D eigenvalue weighted by atomic mass is 19.1. The SMILES string of the molecule is COc1ccc(NC(=O)CCc2cccc(F)c2)cc1NC(=O)c1cccc(F)c1. The fraction of sp³-hybridized carbons (Fsp3) is 0.130. The van der Waals surface area contributed by atoms with Gasteiger partial charge in [0, 0.05) is 17.7 Å². The van der Waals surface area contributed by atoms with Crippen molar-refractivity contribution in [1.82, 2.24) is 0 Å². The van der Waals surface area contributed by atoms with Crippen molar-refractivity contribution >= 4 is 23.2 Å². The predicted molar refractivity (Wildman–Crippen MR) is 111 cm³/mol. The van der Waals surface area contributed by atoms with Crippen molar-refractivity contribution in [3.8, 4) is 5.75 Å². The van der Waals surface area contributed by atoms with E-state index >= 15 is 0 Å². The summed E-state index contributed by atoms with van der Waals surface area (Å²) in [5.41, 5.74) is 1.66.